The molecule has 0 bridgehead atoms. The van der Waals surface area contributed by atoms with E-state index in [2.05, 4.69) is 22.0 Å². The van der Waals surface area contributed by atoms with E-state index in [1.54, 1.807) is 23.4 Å². The Labute approximate surface area is 159 Å². The van der Waals surface area contributed by atoms with E-state index in [1.165, 1.54) is 5.56 Å². The van der Waals surface area contributed by atoms with Crippen molar-refractivity contribution < 1.29 is 4.74 Å². The highest BCUT2D eigenvalue weighted by molar-refractivity contribution is 9.10. The van der Waals surface area contributed by atoms with Crippen LogP contribution in [0.5, 0.6) is 0 Å². The van der Waals surface area contributed by atoms with Crippen LogP contribution in [0, 0.1) is 0 Å². The Bertz CT molecular complexity index is 942. The first-order valence-electron chi connectivity index (χ1n) is 7.98. The molecule has 0 saturated heterocycles. The molecular weight excluding hydrogens is 400 g/mol. The van der Waals surface area contributed by atoms with Gasteiger partial charge in [-0.3, -0.25) is 9.36 Å². The maximum Gasteiger partial charge on any atom is 0.262 e. The molecule has 1 aromatic heterocycles. The molecule has 0 saturated carbocycles. The number of rotatable bonds is 6. The zero-order valence-electron chi connectivity index (χ0n) is 14.1. The molecule has 0 aliphatic rings. The van der Waals surface area contributed by atoms with Crippen LogP contribution >= 0.6 is 27.7 Å². The minimum absolute atomic E-state index is 0.0234. The van der Waals surface area contributed by atoms with E-state index in [4.69, 9.17) is 9.72 Å². The standard InChI is InChI=1S/C19H19BrN2O2S/c1-13(11-24-2)22-18(23)15-8-4-6-10-17(15)21-19(22)25-12-14-7-3-5-9-16(14)20/h3-10,13H,11-12H2,1-2H3. The number of benzene rings is 2. The predicted molar refractivity (Wildman–Crippen MR) is 106 cm³/mol. The van der Waals surface area contributed by atoms with Gasteiger partial charge in [0.2, 0.25) is 0 Å². The maximum absolute atomic E-state index is 13.0. The van der Waals surface area contributed by atoms with Gasteiger partial charge in [0, 0.05) is 17.3 Å². The molecule has 1 heterocycles. The topological polar surface area (TPSA) is 44.1 Å². The van der Waals surface area contributed by atoms with Crippen molar-refractivity contribution in [1.82, 2.24) is 9.55 Å². The normalized spacial score (nSPS) is 12.4. The summed E-state index contributed by atoms with van der Waals surface area (Å²) in [4.78, 5) is 17.7. The number of halogens is 1. The fourth-order valence-electron chi connectivity index (χ4n) is 2.69. The number of thioether (sulfide) groups is 1. The Balaban J connectivity index is 2.04. The average molecular weight is 419 g/mol. The Morgan fingerprint density at radius 3 is 2.68 bits per heavy atom. The minimum Gasteiger partial charge on any atom is -0.383 e. The van der Waals surface area contributed by atoms with Gasteiger partial charge in [-0.25, -0.2) is 4.98 Å². The number of hydrogen-bond donors (Lipinski definition) is 0. The van der Waals surface area contributed by atoms with Crippen molar-refractivity contribution in [3.63, 3.8) is 0 Å². The molecule has 0 amide bonds. The third-order valence-electron chi connectivity index (χ3n) is 3.94. The number of para-hydroxylation sites is 1. The summed E-state index contributed by atoms with van der Waals surface area (Å²) in [6, 6.07) is 15.5. The fraction of sp³-hybridized carbons (Fsp3) is 0.263. The van der Waals surface area contributed by atoms with E-state index in [9.17, 15) is 4.79 Å². The third-order valence-corrected chi connectivity index (χ3v) is 5.71. The average Bonchev–Trinajstić information content (AvgIpc) is 2.61. The number of methoxy groups -OCH3 is 1. The van der Waals surface area contributed by atoms with Crippen LogP contribution in [-0.4, -0.2) is 23.3 Å². The number of nitrogens with zero attached hydrogens (tertiary/aromatic N) is 2. The predicted octanol–water partition coefficient (Wildman–Crippen LogP) is 4.66. The molecule has 6 heteroatoms. The summed E-state index contributed by atoms with van der Waals surface area (Å²) in [6.45, 7) is 2.44. The van der Waals surface area contributed by atoms with Gasteiger partial charge in [0.25, 0.3) is 5.56 Å². The monoisotopic (exact) mass is 418 g/mol. The Kier molecular flexibility index (Phi) is 5.93. The van der Waals surface area contributed by atoms with Crippen molar-refractivity contribution in [1.29, 1.82) is 0 Å². The highest BCUT2D eigenvalue weighted by Gasteiger charge is 2.16. The second-order valence-corrected chi connectivity index (χ2v) is 7.57. The zero-order chi connectivity index (χ0) is 17.8. The Morgan fingerprint density at radius 1 is 1.20 bits per heavy atom. The fourth-order valence-corrected chi connectivity index (χ4v) is 4.40. The molecule has 25 heavy (non-hydrogen) atoms. The first-order valence-corrected chi connectivity index (χ1v) is 9.76. The maximum atomic E-state index is 13.0. The number of aromatic nitrogens is 2. The van der Waals surface area contributed by atoms with Gasteiger partial charge in [-0.2, -0.15) is 0 Å². The molecule has 0 spiro atoms. The number of hydrogen-bond acceptors (Lipinski definition) is 4. The molecule has 130 valence electrons. The van der Waals surface area contributed by atoms with E-state index in [0.717, 1.165) is 15.7 Å². The molecule has 0 N–H and O–H groups in total. The first kappa shape index (κ1) is 18.2. The van der Waals surface area contributed by atoms with Crippen LogP contribution in [0.4, 0.5) is 0 Å². The van der Waals surface area contributed by atoms with Gasteiger partial charge in [-0.1, -0.05) is 58.0 Å². The summed E-state index contributed by atoms with van der Waals surface area (Å²) in [6.07, 6.45) is 0. The van der Waals surface area contributed by atoms with Gasteiger partial charge in [-0.05, 0) is 30.7 Å². The van der Waals surface area contributed by atoms with Gasteiger partial charge >= 0.3 is 0 Å². The lowest BCUT2D eigenvalue weighted by Crippen LogP contribution is -2.28. The third kappa shape index (κ3) is 3.97. The van der Waals surface area contributed by atoms with Crippen molar-refractivity contribution >= 4 is 38.6 Å². The van der Waals surface area contributed by atoms with E-state index in [0.29, 0.717) is 17.1 Å². The minimum atomic E-state index is -0.0867. The zero-order valence-corrected chi connectivity index (χ0v) is 16.5. The number of ether oxygens (including phenoxy) is 1. The van der Waals surface area contributed by atoms with Crippen LogP contribution in [0.3, 0.4) is 0 Å². The lowest BCUT2D eigenvalue weighted by atomic mass is 10.2. The molecule has 3 rings (SSSR count). The van der Waals surface area contributed by atoms with Crippen molar-refractivity contribution in [2.75, 3.05) is 13.7 Å². The summed E-state index contributed by atoms with van der Waals surface area (Å²) in [5.41, 5.74) is 1.87. The van der Waals surface area contributed by atoms with Gasteiger partial charge in [-0.15, -0.1) is 0 Å². The molecule has 1 unspecified atom stereocenters. The van der Waals surface area contributed by atoms with Gasteiger partial charge in [0.15, 0.2) is 5.16 Å². The largest absolute Gasteiger partial charge is 0.383 e. The highest BCUT2D eigenvalue weighted by atomic mass is 79.9. The molecular formula is C19H19BrN2O2S. The van der Waals surface area contributed by atoms with Crippen LogP contribution in [0.15, 0.2) is 63.0 Å². The Morgan fingerprint density at radius 2 is 1.92 bits per heavy atom. The molecule has 0 aliphatic carbocycles. The van der Waals surface area contributed by atoms with Gasteiger partial charge in [0.1, 0.15) is 0 Å². The van der Waals surface area contributed by atoms with E-state index < -0.39 is 0 Å². The molecule has 3 aromatic rings. The SMILES string of the molecule is COCC(C)n1c(SCc2ccccc2Br)nc2ccccc2c1=O. The summed E-state index contributed by atoms with van der Waals surface area (Å²) < 4.78 is 8.06. The molecule has 0 aliphatic heterocycles. The second-order valence-electron chi connectivity index (χ2n) is 5.77. The smallest absolute Gasteiger partial charge is 0.262 e. The van der Waals surface area contributed by atoms with Gasteiger partial charge < -0.3 is 4.74 Å². The lowest BCUT2D eigenvalue weighted by molar-refractivity contribution is 0.156. The van der Waals surface area contributed by atoms with E-state index >= 15 is 0 Å². The van der Waals surface area contributed by atoms with Crippen molar-refractivity contribution in [3.05, 3.63) is 68.9 Å². The summed E-state index contributed by atoms with van der Waals surface area (Å²) >= 11 is 5.14. The van der Waals surface area contributed by atoms with Crippen LogP contribution in [0.2, 0.25) is 0 Å². The highest BCUT2D eigenvalue weighted by Crippen LogP contribution is 2.27. The van der Waals surface area contributed by atoms with Crippen LogP contribution in [0.1, 0.15) is 18.5 Å². The van der Waals surface area contributed by atoms with E-state index in [1.807, 2.05) is 49.4 Å². The number of fused-ring (bicyclic) bond motifs is 1. The van der Waals surface area contributed by atoms with Crippen molar-refractivity contribution in [2.24, 2.45) is 0 Å². The van der Waals surface area contributed by atoms with Gasteiger partial charge in [0.05, 0.1) is 23.6 Å². The second kappa shape index (κ2) is 8.17. The first-order chi connectivity index (χ1) is 12.1. The van der Waals surface area contributed by atoms with E-state index in [-0.39, 0.29) is 11.6 Å². The van der Waals surface area contributed by atoms with Crippen LogP contribution < -0.4 is 5.56 Å². The molecule has 0 fully saturated rings. The van der Waals surface area contributed by atoms with Crippen molar-refractivity contribution in [2.45, 2.75) is 23.9 Å². The molecule has 1 atom stereocenters. The molecule has 0 radical (unpaired) electrons. The quantitative estimate of drug-likeness (QED) is 0.431. The molecule has 2 aromatic carbocycles. The van der Waals surface area contributed by atoms with Crippen LogP contribution in [-0.2, 0) is 10.5 Å². The summed E-state index contributed by atoms with van der Waals surface area (Å²) in [5.74, 6) is 0.728. The summed E-state index contributed by atoms with van der Waals surface area (Å²) in [5, 5.41) is 1.35. The lowest BCUT2D eigenvalue weighted by Gasteiger charge is -2.19. The summed E-state index contributed by atoms with van der Waals surface area (Å²) in [7, 11) is 1.64. The van der Waals surface area contributed by atoms with Crippen LogP contribution in [0.25, 0.3) is 10.9 Å². The molecule has 4 nitrogen and oxygen atoms in total. The van der Waals surface area contributed by atoms with Crippen molar-refractivity contribution in [3.8, 4) is 0 Å². The Hall–Kier alpha value is -1.63.